The molecule has 18 heteroatoms. The molecule has 6 nitrogen and oxygen atoms in total. The van der Waals surface area contributed by atoms with Gasteiger partial charge in [-0.1, -0.05) is 0 Å². The fourth-order valence-electron chi connectivity index (χ4n) is 1.24. The van der Waals surface area contributed by atoms with Gasteiger partial charge in [0, 0.05) is 0 Å². The molecule has 0 unspecified atom stereocenters. The third kappa shape index (κ3) is 2.93. The molecule has 0 aliphatic carbocycles. The van der Waals surface area contributed by atoms with E-state index in [0.29, 0.717) is 0 Å². The first-order chi connectivity index (χ1) is 10.7. The molecule has 1 heterocycles. The third-order valence-corrected chi connectivity index (χ3v) is 6.00. The molecule has 0 aromatic carbocycles. The number of nitrogens with one attached hydrogen (secondary N) is 1. The Morgan fingerprint density at radius 1 is 0.760 bits per heavy atom. The van der Waals surface area contributed by atoms with E-state index in [1.807, 2.05) is 0 Å². The van der Waals surface area contributed by atoms with Gasteiger partial charge >= 0.3 is 47.9 Å². The van der Waals surface area contributed by atoms with E-state index in [-0.39, 0.29) is 6.20 Å². The fourth-order valence-corrected chi connectivity index (χ4v) is 3.93. The minimum atomic E-state index is -7.13. The maximum absolute atomic E-state index is 13.0. The molecule has 0 bridgehead atoms. The zero-order valence-corrected chi connectivity index (χ0v) is 12.5. The van der Waals surface area contributed by atoms with E-state index in [2.05, 4.69) is 0 Å². The van der Waals surface area contributed by atoms with Crippen molar-refractivity contribution in [1.29, 1.82) is 0 Å². The lowest BCUT2D eigenvalue weighted by atomic mass is 10.7. The summed E-state index contributed by atoms with van der Waals surface area (Å²) in [6.45, 7) is 0. The van der Waals surface area contributed by atoms with Crippen molar-refractivity contribution in [3.05, 3.63) is 12.4 Å². The molecule has 0 spiro atoms. The van der Waals surface area contributed by atoms with Crippen LogP contribution in [0.3, 0.4) is 0 Å². The predicted octanol–water partition coefficient (Wildman–Crippen LogP) is 1.56. The number of halogens is 10. The van der Waals surface area contributed by atoms with Crippen molar-refractivity contribution in [2.75, 3.05) is 0 Å². The number of nitrogens with zero attached hydrogens (tertiary/aromatic N) is 1. The smallest absolute Gasteiger partial charge is 0.232 e. The number of hydrogen-bond donors (Lipinski definition) is 1. The normalized spacial score (nSPS) is 15.4. The first-order valence-electron chi connectivity index (χ1n) is 5.21. The van der Waals surface area contributed by atoms with E-state index in [1.165, 1.54) is 0 Å². The lowest BCUT2D eigenvalue weighted by Crippen LogP contribution is -2.60. The van der Waals surface area contributed by atoms with Crippen molar-refractivity contribution in [1.82, 2.24) is 4.98 Å². The lowest BCUT2D eigenvalue weighted by Gasteiger charge is -2.19. The number of rotatable bonds is 4. The Kier molecular flexibility index (Phi) is 4.68. The summed E-state index contributed by atoms with van der Waals surface area (Å²) in [6.07, 6.45) is -14.1. The van der Waals surface area contributed by atoms with Crippen LogP contribution in [0.2, 0.25) is 0 Å². The maximum atomic E-state index is 13.0. The summed E-state index contributed by atoms with van der Waals surface area (Å²) in [5.74, 6) is 0. The molecular formula is C7H3F10N2O4S2+. The van der Waals surface area contributed by atoms with Gasteiger partial charge in [-0.2, -0.15) is 52.3 Å². The summed E-state index contributed by atoms with van der Waals surface area (Å²) in [5, 5.41) is -16.2. The van der Waals surface area contributed by atoms with E-state index in [0.717, 1.165) is 4.98 Å². The molecule has 0 amide bonds. The second kappa shape index (κ2) is 5.45. The molecule has 0 aliphatic rings. The fraction of sp³-hybridized carbons (Fsp3) is 0.571. The van der Waals surface area contributed by atoms with Crippen molar-refractivity contribution >= 4 is 19.9 Å². The quantitative estimate of drug-likeness (QED) is 0.577. The average Bonchev–Trinajstić information content (AvgIpc) is 2.85. The summed E-state index contributed by atoms with van der Waals surface area (Å²) < 4.78 is 169. The van der Waals surface area contributed by atoms with Gasteiger partial charge in [-0.25, -0.2) is 13.4 Å². The summed E-state index contributed by atoms with van der Waals surface area (Å²) in [4.78, 5) is 0.969. The minimum Gasteiger partial charge on any atom is -0.232 e. The Morgan fingerprint density at radius 2 is 1.16 bits per heavy atom. The molecule has 0 fully saturated rings. The number of alkyl halides is 10. The molecule has 1 rings (SSSR count). The van der Waals surface area contributed by atoms with Crippen LogP contribution >= 0.6 is 0 Å². The van der Waals surface area contributed by atoms with Gasteiger partial charge in [0.2, 0.25) is 0 Å². The second-order valence-electron chi connectivity index (χ2n) is 4.10. The molecule has 0 atom stereocenters. The molecule has 0 radical (unpaired) electrons. The van der Waals surface area contributed by atoms with E-state index in [9.17, 15) is 60.7 Å². The highest BCUT2D eigenvalue weighted by molar-refractivity contribution is 7.92. The summed E-state index contributed by atoms with van der Waals surface area (Å²) >= 11 is 0. The molecular weight excluding hydrogens is 430 g/mol. The van der Waals surface area contributed by atoms with E-state index < -0.39 is 58.0 Å². The molecule has 1 aromatic heterocycles. The molecule has 146 valence electrons. The zero-order chi connectivity index (χ0) is 20.3. The van der Waals surface area contributed by atoms with E-state index in [1.54, 1.807) is 0 Å². The van der Waals surface area contributed by atoms with Crippen LogP contribution in [0.4, 0.5) is 43.9 Å². The van der Waals surface area contributed by atoms with Gasteiger partial charge in [-0.05, 0) is 0 Å². The Labute approximate surface area is 131 Å². The third-order valence-electron chi connectivity index (χ3n) is 2.45. The average molecular weight is 433 g/mol. The standard InChI is InChI=1S/C7H2F10N2O4S2/c8-4(9,10)6(14,15)24(20,21)3-18-1-2-19(3)25(22,23)7(16,17)5(11,12)13/h1-2H/p+1. The van der Waals surface area contributed by atoms with Gasteiger partial charge < -0.3 is 0 Å². The van der Waals surface area contributed by atoms with E-state index in [4.69, 9.17) is 0 Å². The number of aromatic nitrogens is 2. The Bertz CT molecular complexity index is 793. The van der Waals surface area contributed by atoms with Crippen molar-refractivity contribution < 1.29 is 64.7 Å². The molecule has 1 aromatic rings. The van der Waals surface area contributed by atoms with Crippen molar-refractivity contribution in [3.8, 4) is 0 Å². The largest absolute Gasteiger partial charge is 0.479 e. The molecule has 0 aliphatic heterocycles. The van der Waals surface area contributed by atoms with Crippen LogP contribution in [0.15, 0.2) is 17.6 Å². The SMILES string of the molecule is O=S(=O)(c1[nH]cc[n+]1S(=O)(=O)C(F)(F)C(F)(F)F)C(F)(F)C(F)(F)F. The summed E-state index contributed by atoms with van der Waals surface area (Å²) in [5.41, 5.74) is 0. The Balaban J connectivity index is 3.74. The van der Waals surface area contributed by atoms with Gasteiger partial charge in [0.15, 0.2) is 0 Å². The second-order valence-corrected chi connectivity index (χ2v) is 7.86. The molecule has 0 saturated carbocycles. The van der Waals surface area contributed by atoms with Crippen molar-refractivity contribution in [2.45, 2.75) is 28.0 Å². The van der Waals surface area contributed by atoms with Crippen LogP contribution in [0, 0.1) is 0 Å². The van der Waals surface area contributed by atoms with Crippen molar-refractivity contribution in [3.63, 3.8) is 0 Å². The molecule has 1 N–H and O–H groups in total. The number of hydrogen-bond acceptors (Lipinski definition) is 4. The number of H-pyrrole nitrogens is 1. The van der Waals surface area contributed by atoms with Crippen LogP contribution in [0.25, 0.3) is 0 Å². The van der Waals surface area contributed by atoms with Crippen LogP contribution in [-0.2, 0) is 19.9 Å². The van der Waals surface area contributed by atoms with Crippen LogP contribution in [0.1, 0.15) is 0 Å². The van der Waals surface area contributed by atoms with Crippen LogP contribution < -0.4 is 3.97 Å². The van der Waals surface area contributed by atoms with Gasteiger partial charge in [-0.3, -0.25) is 0 Å². The monoisotopic (exact) mass is 433 g/mol. The first kappa shape index (κ1) is 21.5. The van der Waals surface area contributed by atoms with Gasteiger partial charge in [-0.15, -0.1) is 3.97 Å². The minimum absolute atomic E-state index is 0.0522. The maximum Gasteiger partial charge on any atom is 0.479 e. The van der Waals surface area contributed by atoms with Crippen LogP contribution in [-0.4, -0.2) is 44.7 Å². The number of sulfone groups is 1. The van der Waals surface area contributed by atoms with Gasteiger partial charge in [0.25, 0.3) is 0 Å². The molecule has 0 saturated heterocycles. The molecule has 25 heavy (non-hydrogen) atoms. The van der Waals surface area contributed by atoms with E-state index >= 15 is 0 Å². The first-order valence-corrected chi connectivity index (χ1v) is 8.13. The predicted molar refractivity (Wildman–Crippen MR) is 54.5 cm³/mol. The Hall–Kier alpha value is -1.59. The van der Waals surface area contributed by atoms with Crippen molar-refractivity contribution in [2.24, 2.45) is 0 Å². The number of aromatic amines is 1. The van der Waals surface area contributed by atoms with Crippen LogP contribution in [0.5, 0.6) is 0 Å². The summed E-state index contributed by atoms with van der Waals surface area (Å²) in [6, 6.07) is 0. The topological polar surface area (TPSA) is 87.9 Å². The Morgan fingerprint density at radius 3 is 1.52 bits per heavy atom. The zero-order valence-electron chi connectivity index (χ0n) is 10.8. The number of imidazole rings is 1. The summed E-state index contributed by atoms with van der Waals surface area (Å²) in [7, 11) is -14.2. The lowest BCUT2D eigenvalue weighted by molar-refractivity contribution is -0.562. The van der Waals surface area contributed by atoms with Gasteiger partial charge in [0.1, 0.15) is 12.4 Å². The highest BCUT2D eigenvalue weighted by Gasteiger charge is 2.74. The highest BCUT2D eigenvalue weighted by atomic mass is 32.2. The van der Waals surface area contributed by atoms with Gasteiger partial charge in [0.05, 0.1) is 0 Å². The highest BCUT2D eigenvalue weighted by Crippen LogP contribution is 2.43.